The van der Waals surface area contributed by atoms with Crippen LogP contribution in [0.4, 0.5) is 0 Å². The molecule has 0 aliphatic heterocycles. The van der Waals surface area contributed by atoms with E-state index >= 15 is 0 Å². The van der Waals surface area contributed by atoms with E-state index in [0.29, 0.717) is 11.8 Å². The molecule has 1 unspecified atom stereocenters. The summed E-state index contributed by atoms with van der Waals surface area (Å²) in [7, 11) is 0. The molecule has 2 heterocycles. The van der Waals surface area contributed by atoms with Crippen LogP contribution in [0, 0.1) is 0 Å². The largest absolute Gasteiger partial charge is 0.484 e. The summed E-state index contributed by atoms with van der Waals surface area (Å²) in [6.45, 7) is 2.00. The van der Waals surface area contributed by atoms with Crippen molar-refractivity contribution in [2.24, 2.45) is 5.73 Å². The maximum absolute atomic E-state index is 5.65. The van der Waals surface area contributed by atoms with Crippen LogP contribution < -0.4 is 10.5 Å². The molecule has 0 spiro atoms. The van der Waals surface area contributed by atoms with Crippen molar-refractivity contribution < 1.29 is 9.15 Å². The van der Waals surface area contributed by atoms with Crippen molar-refractivity contribution in [3.05, 3.63) is 48.3 Å². The highest BCUT2D eigenvalue weighted by atomic mass is 16.5. The third-order valence-electron chi connectivity index (χ3n) is 2.81. The number of hydrogen-bond donors (Lipinski definition) is 1. The van der Waals surface area contributed by atoms with E-state index < -0.39 is 0 Å². The lowest BCUT2D eigenvalue weighted by molar-refractivity contribution is 0.257. The fourth-order valence-corrected chi connectivity index (χ4v) is 1.80. The highest BCUT2D eigenvalue weighted by molar-refractivity contribution is 5.79. The Hall–Kier alpha value is -2.47. The Bertz CT molecular complexity index is 724. The minimum atomic E-state index is -0.275. The molecule has 0 radical (unpaired) electrons. The average molecular weight is 270 g/mol. The summed E-state index contributed by atoms with van der Waals surface area (Å²) in [5.74, 6) is 1.54. The van der Waals surface area contributed by atoms with E-state index in [1.807, 2.05) is 30.3 Å². The molecule has 0 aliphatic carbocycles. The third-order valence-corrected chi connectivity index (χ3v) is 2.81. The predicted molar refractivity (Wildman–Crippen MR) is 73.0 cm³/mol. The number of rotatable bonds is 4. The van der Waals surface area contributed by atoms with Crippen LogP contribution in [0.3, 0.4) is 0 Å². The SMILES string of the molecule is CC(N)c1nnc(COc2ccc3ncccc3c2)o1. The lowest BCUT2D eigenvalue weighted by atomic mass is 10.2. The second-order valence-electron chi connectivity index (χ2n) is 4.47. The van der Waals surface area contributed by atoms with E-state index in [-0.39, 0.29) is 12.6 Å². The molecule has 0 aliphatic rings. The van der Waals surface area contributed by atoms with Gasteiger partial charge >= 0.3 is 0 Å². The molecule has 0 saturated carbocycles. The standard InChI is InChI=1S/C14H14N4O2/c1-9(15)14-18-17-13(20-14)8-19-11-4-5-12-10(7-11)3-2-6-16-12/h2-7,9H,8,15H2,1H3. The molecule has 0 fully saturated rings. The first-order valence-corrected chi connectivity index (χ1v) is 6.28. The molecule has 1 aromatic carbocycles. The summed E-state index contributed by atoms with van der Waals surface area (Å²) in [6, 6.07) is 9.28. The Kier molecular flexibility index (Phi) is 3.30. The van der Waals surface area contributed by atoms with Crippen LogP contribution >= 0.6 is 0 Å². The van der Waals surface area contributed by atoms with Crippen molar-refractivity contribution >= 4 is 10.9 Å². The summed E-state index contributed by atoms with van der Waals surface area (Å²) in [5, 5.41) is 8.75. The van der Waals surface area contributed by atoms with Crippen molar-refractivity contribution in [3.63, 3.8) is 0 Å². The zero-order valence-corrected chi connectivity index (χ0v) is 11.0. The zero-order chi connectivity index (χ0) is 13.9. The molecule has 3 aromatic rings. The van der Waals surface area contributed by atoms with Gasteiger partial charge in [0.15, 0.2) is 6.61 Å². The maximum atomic E-state index is 5.65. The van der Waals surface area contributed by atoms with Gasteiger partial charge in [-0.1, -0.05) is 6.07 Å². The van der Waals surface area contributed by atoms with E-state index in [2.05, 4.69) is 15.2 Å². The van der Waals surface area contributed by atoms with E-state index in [1.54, 1.807) is 13.1 Å². The molecule has 3 rings (SSSR count). The Balaban J connectivity index is 1.72. The van der Waals surface area contributed by atoms with E-state index in [0.717, 1.165) is 16.7 Å². The molecule has 2 N–H and O–H groups in total. The Morgan fingerprint density at radius 2 is 2.20 bits per heavy atom. The predicted octanol–water partition coefficient (Wildman–Crippen LogP) is 2.22. The van der Waals surface area contributed by atoms with Gasteiger partial charge in [-0.15, -0.1) is 10.2 Å². The molecule has 0 saturated heterocycles. The summed E-state index contributed by atoms with van der Waals surface area (Å²) in [5.41, 5.74) is 6.58. The van der Waals surface area contributed by atoms with Gasteiger partial charge in [0.1, 0.15) is 5.75 Å². The smallest absolute Gasteiger partial charge is 0.253 e. The normalized spacial score (nSPS) is 12.5. The number of ether oxygens (including phenoxy) is 1. The van der Waals surface area contributed by atoms with Crippen molar-refractivity contribution in [2.45, 2.75) is 19.6 Å². The van der Waals surface area contributed by atoms with Gasteiger partial charge in [0.2, 0.25) is 5.89 Å². The van der Waals surface area contributed by atoms with Crippen LogP contribution in [0.25, 0.3) is 10.9 Å². The highest BCUT2D eigenvalue weighted by Gasteiger charge is 2.10. The second-order valence-corrected chi connectivity index (χ2v) is 4.47. The first-order chi connectivity index (χ1) is 9.72. The van der Waals surface area contributed by atoms with Crippen molar-refractivity contribution in [1.82, 2.24) is 15.2 Å². The van der Waals surface area contributed by atoms with Gasteiger partial charge in [0, 0.05) is 11.6 Å². The van der Waals surface area contributed by atoms with Gasteiger partial charge in [-0.05, 0) is 31.2 Å². The van der Waals surface area contributed by atoms with Gasteiger partial charge < -0.3 is 14.9 Å². The Morgan fingerprint density at radius 3 is 3.00 bits per heavy atom. The van der Waals surface area contributed by atoms with Crippen molar-refractivity contribution in [1.29, 1.82) is 0 Å². The molecule has 6 heteroatoms. The van der Waals surface area contributed by atoms with Crippen LogP contribution in [0.5, 0.6) is 5.75 Å². The highest BCUT2D eigenvalue weighted by Crippen LogP contribution is 2.20. The van der Waals surface area contributed by atoms with Gasteiger partial charge in [0.05, 0.1) is 11.6 Å². The van der Waals surface area contributed by atoms with Gasteiger partial charge in [-0.2, -0.15) is 0 Å². The number of nitrogens with zero attached hydrogens (tertiary/aromatic N) is 3. The number of hydrogen-bond acceptors (Lipinski definition) is 6. The summed E-state index contributed by atoms with van der Waals surface area (Å²) < 4.78 is 11.0. The van der Waals surface area contributed by atoms with Crippen LogP contribution in [-0.2, 0) is 6.61 Å². The Morgan fingerprint density at radius 1 is 1.30 bits per heavy atom. The van der Waals surface area contributed by atoms with Crippen LogP contribution in [-0.4, -0.2) is 15.2 Å². The summed E-state index contributed by atoms with van der Waals surface area (Å²) in [4.78, 5) is 4.25. The molecule has 20 heavy (non-hydrogen) atoms. The van der Waals surface area contributed by atoms with E-state index in [1.165, 1.54) is 0 Å². The molecular formula is C14H14N4O2. The minimum Gasteiger partial charge on any atom is -0.484 e. The quantitative estimate of drug-likeness (QED) is 0.782. The minimum absolute atomic E-state index is 0.214. The second kappa shape index (κ2) is 5.26. The van der Waals surface area contributed by atoms with E-state index in [9.17, 15) is 0 Å². The molecule has 0 bridgehead atoms. The third kappa shape index (κ3) is 2.60. The van der Waals surface area contributed by atoms with Gasteiger partial charge in [-0.25, -0.2) is 0 Å². The molecule has 2 aromatic heterocycles. The van der Waals surface area contributed by atoms with Gasteiger partial charge in [-0.3, -0.25) is 4.98 Å². The summed E-state index contributed by atoms with van der Waals surface area (Å²) >= 11 is 0. The van der Waals surface area contributed by atoms with E-state index in [4.69, 9.17) is 14.9 Å². The molecular weight excluding hydrogens is 256 g/mol. The first kappa shape index (κ1) is 12.6. The van der Waals surface area contributed by atoms with Crippen LogP contribution in [0.15, 0.2) is 40.9 Å². The van der Waals surface area contributed by atoms with Gasteiger partial charge in [0.25, 0.3) is 5.89 Å². The number of pyridine rings is 1. The number of aromatic nitrogens is 3. The monoisotopic (exact) mass is 270 g/mol. The first-order valence-electron chi connectivity index (χ1n) is 6.28. The van der Waals surface area contributed by atoms with Crippen LogP contribution in [0.2, 0.25) is 0 Å². The molecule has 6 nitrogen and oxygen atoms in total. The summed E-state index contributed by atoms with van der Waals surface area (Å²) in [6.07, 6.45) is 1.76. The van der Waals surface area contributed by atoms with Crippen molar-refractivity contribution in [2.75, 3.05) is 0 Å². The fraction of sp³-hybridized carbons (Fsp3) is 0.214. The lowest BCUT2D eigenvalue weighted by Crippen LogP contribution is -2.04. The zero-order valence-electron chi connectivity index (χ0n) is 11.0. The molecule has 0 amide bonds. The topological polar surface area (TPSA) is 87.1 Å². The van der Waals surface area contributed by atoms with Crippen molar-refractivity contribution in [3.8, 4) is 5.75 Å². The maximum Gasteiger partial charge on any atom is 0.253 e. The lowest BCUT2D eigenvalue weighted by Gasteiger charge is -2.04. The molecule has 1 atom stereocenters. The number of nitrogens with two attached hydrogens (primary N) is 1. The Labute approximate surface area is 115 Å². The number of fused-ring (bicyclic) bond motifs is 1. The number of benzene rings is 1. The van der Waals surface area contributed by atoms with Crippen LogP contribution in [0.1, 0.15) is 24.7 Å². The fourth-order valence-electron chi connectivity index (χ4n) is 1.80. The average Bonchev–Trinajstić information content (AvgIpc) is 2.94. The molecule has 102 valence electrons.